The van der Waals surface area contributed by atoms with Crippen molar-refractivity contribution < 1.29 is 12.6 Å². The van der Waals surface area contributed by atoms with E-state index in [4.69, 9.17) is 24.9 Å². The number of aromatic nitrogens is 4. The van der Waals surface area contributed by atoms with Gasteiger partial charge in [0.1, 0.15) is 11.2 Å². The van der Waals surface area contributed by atoms with Crippen LogP contribution in [0.2, 0.25) is 0 Å². The van der Waals surface area contributed by atoms with Crippen molar-refractivity contribution >= 4 is 43.7 Å². The number of hydrogen-bond donors (Lipinski definition) is 0. The predicted octanol–water partition coefficient (Wildman–Crippen LogP) is 13.2. The van der Waals surface area contributed by atoms with Crippen molar-refractivity contribution in [3.05, 3.63) is 194 Å². The van der Waals surface area contributed by atoms with Crippen molar-refractivity contribution in [2.24, 2.45) is 0 Å². The minimum absolute atomic E-state index is 0.0654. The Morgan fingerprint density at radius 3 is 1.45 bits per heavy atom. The number of para-hydroxylation sites is 4. The van der Waals surface area contributed by atoms with E-state index in [9.17, 15) is 2.74 Å². The molecule has 0 atom stereocenters. The second kappa shape index (κ2) is 13.0. The maximum Gasteiger partial charge on any atom is 0.166 e. The fourth-order valence-corrected chi connectivity index (χ4v) is 7.65. The molecule has 0 amide bonds. The van der Waals surface area contributed by atoms with Gasteiger partial charge in [0, 0.05) is 49.4 Å². The summed E-state index contributed by atoms with van der Waals surface area (Å²) in [6.45, 7) is 0. The van der Waals surface area contributed by atoms with Gasteiger partial charge in [-0.15, -0.1) is 0 Å². The summed E-state index contributed by atoms with van der Waals surface area (Å²) in [7, 11) is 0. The van der Waals surface area contributed by atoms with E-state index in [2.05, 4.69) is 30.3 Å². The fourth-order valence-electron chi connectivity index (χ4n) is 7.65. The molecule has 0 saturated heterocycles. The van der Waals surface area contributed by atoms with Crippen molar-refractivity contribution in [2.45, 2.75) is 0 Å². The van der Waals surface area contributed by atoms with Gasteiger partial charge in [-0.25, -0.2) is 15.0 Å². The zero-order valence-corrected chi connectivity index (χ0v) is 29.7. The molecule has 0 aliphatic heterocycles. The maximum atomic E-state index is 9.24. The molecule has 0 spiro atoms. The van der Waals surface area contributed by atoms with Crippen LogP contribution in [-0.4, -0.2) is 19.5 Å². The van der Waals surface area contributed by atoms with Crippen molar-refractivity contribution in [2.75, 3.05) is 0 Å². The van der Waals surface area contributed by atoms with Crippen LogP contribution >= 0.6 is 0 Å². The molecule has 262 valence electrons. The molecule has 8 aromatic carbocycles. The molecule has 3 aromatic heterocycles. The van der Waals surface area contributed by atoms with Gasteiger partial charge in [0.2, 0.25) is 0 Å². The Bertz CT molecular complexity index is 3460. The van der Waals surface area contributed by atoms with Gasteiger partial charge in [0.15, 0.2) is 17.5 Å². The van der Waals surface area contributed by atoms with Crippen molar-refractivity contribution in [3.8, 4) is 62.1 Å². The highest BCUT2D eigenvalue weighted by Gasteiger charge is 2.22. The Balaban J connectivity index is 1.25. The Morgan fingerprint density at radius 2 is 0.893 bits per heavy atom. The van der Waals surface area contributed by atoms with E-state index in [-0.39, 0.29) is 58.1 Å². The number of nitrogens with zero attached hydrogens (tertiary/aromatic N) is 4. The van der Waals surface area contributed by atoms with Crippen molar-refractivity contribution in [3.63, 3.8) is 0 Å². The molecule has 5 heteroatoms. The van der Waals surface area contributed by atoms with Gasteiger partial charge in [-0.2, -0.15) is 0 Å². The lowest BCUT2D eigenvalue weighted by Crippen LogP contribution is -2.04. The Kier molecular flexibility index (Phi) is 6.10. The highest BCUT2D eigenvalue weighted by Crippen LogP contribution is 2.42. The minimum Gasteiger partial charge on any atom is -0.455 e. The lowest BCUT2D eigenvalue weighted by Gasteiger charge is -2.16. The fraction of sp³-hybridized carbons (Fsp3) is 0. The highest BCUT2D eigenvalue weighted by atomic mass is 16.3. The monoisotopic (exact) mass is 722 g/mol. The van der Waals surface area contributed by atoms with Crippen molar-refractivity contribution in [1.82, 2.24) is 19.5 Å². The summed E-state index contributed by atoms with van der Waals surface area (Å²) in [6, 6.07) is 49.2. The zero-order chi connectivity index (χ0) is 42.2. The molecule has 0 unspecified atom stereocenters. The quantitative estimate of drug-likeness (QED) is 0.171. The smallest absolute Gasteiger partial charge is 0.166 e. The SMILES string of the molecule is [2H]c1cc([2H])c2c(c1[2H])c1c([2H])c([2H])cc([2H])c1n2-c1ccc(-c2cccc3c2oc2c(-c4ccccc4)cccc23)cc1-c1nc(-c2ccccc2)nc(-c2ccccc2)n1. The number of rotatable bonds is 6. The Morgan fingerprint density at radius 1 is 0.393 bits per heavy atom. The van der Waals surface area contributed by atoms with Gasteiger partial charge in [0.25, 0.3) is 0 Å². The molecule has 11 aromatic rings. The third-order valence-corrected chi connectivity index (χ3v) is 10.2. The summed E-state index contributed by atoms with van der Waals surface area (Å²) in [5.74, 6) is 1.17. The van der Waals surface area contributed by atoms with E-state index in [1.165, 1.54) is 12.1 Å². The van der Waals surface area contributed by atoms with Gasteiger partial charge >= 0.3 is 0 Å². The number of hydrogen-bond acceptors (Lipinski definition) is 4. The summed E-state index contributed by atoms with van der Waals surface area (Å²) >= 11 is 0. The Hall–Kier alpha value is -7.63. The van der Waals surface area contributed by atoms with Crippen LogP contribution in [0.3, 0.4) is 0 Å². The molecule has 0 fully saturated rings. The van der Waals surface area contributed by atoms with Crippen LogP contribution in [0.1, 0.15) is 8.22 Å². The lowest BCUT2D eigenvalue weighted by molar-refractivity contribution is 0.671. The molecule has 3 heterocycles. The summed E-state index contributed by atoms with van der Waals surface area (Å²) in [4.78, 5) is 15.2. The molecular formula is C51H32N4O. The standard InChI is InChI=1S/C51H32N4O/c1-4-16-33(17-5-1)37-24-14-26-41-42-27-15-25-38(48(42)56-47(37)41)36-30-31-46(55-44-28-12-10-22-39(44)40-23-11-13-29-45(40)55)43(32-36)51-53-49(34-18-6-2-7-19-34)52-50(54-51)35-20-8-3-9-21-35/h1-32H/i10D,11D,22D,23D,28D,29D. The van der Waals surface area contributed by atoms with Crippen LogP contribution in [0.15, 0.2) is 198 Å². The molecule has 0 bridgehead atoms. The lowest BCUT2D eigenvalue weighted by atomic mass is 9.98. The first-order chi connectivity index (χ1) is 30.2. The molecule has 56 heavy (non-hydrogen) atoms. The van der Waals surface area contributed by atoms with Gasteiger partial charge < -0.3 is 8.98 Å². The van der Waals surface area contributed by atoms with Crippen LogP contribution in [0.4, 0.5) is 0 Å². The van der Waals surface area contributed by atoms with Crippen LogP contribution in [0.5, 0.6) is 0 Å². The van der Waals surface area contributed by atoms with E-state index < -0.39 is 0 Å². The van der Waals surface area contributed by atoms with Crippen LogP contribution in [0, 0.1) is 0 Å². The summed E-state index contributed by atoms with van der Waals surface area (Å²) in [6.07, 6.45) is 0. The van der Waals surface area contributed by atoms with Crippen LogP contribution < -0.4 is 0 Å². The first-order valence-electron chi connectivity index (χ1n) is 21.3. The number of fused-ring (bicyclic) bond motifs is 6. The van der Waals surface area contributed by atoms with Gasteiger partial charge in [-0.1, -0.05) is 170 Å². The average Bonchev–Trinajstić information content (AvgIpc) is 3.89. The highest BCUT2D eigenvalue weighted by molar-refractivity contribution is 6.13. The maximum absolute atomic E-state index is 9.24. The summed E-state index contributed by atoms with van der Waals surface area (Å²) in [5.41, 5.74) is 8.07. The average molecular weight is 723 g/mol. The van der Waals surface area contributed by atoms with Gasteiger partial charge in [-0.3, -0.25) is 0 Å². The van der Waals surface area contributed by atoms with E-state index in [0.29, 0.717) is 34.3 Å². The van der Waals surface area contributed by atoms with Crippen LogP contribution in [-0.2, 0) is 0 Å². The molecule has 0 N–H and O–H groups in total. The molecule has 11 rings (SSSR count). The first kappa shape index (κ1) is 26.2. The predicted molar refractivity (Wildman–Crippen MR) is 229 cm³/mol. The zero-order valence-electron chi connectivity index (χ0n) is 35.7. The van der Waals surface area contributed by atoms with Gasteiger partial charge in [-0.05, 0) is 35.3 Å². The van der Waals surface area contributed by atoms with E-state index in [0.717, 1.165) is 49.7 Å². The number of benzene rings is 8. The summed E-state index contributed by atoms with van der Waals surface area (Å²) in [5, 5.41) is 2.25. The minimum atomic E-state index is -0.194. The second-order valence-corrected chi connectivity index (χ2v) is 13.5. The van der Waals surface area contributed by atoms with Gasteiger partial charge in [0.05, 0.1) is 24.9 Å². The first-order valence-corrected chi connectivity index (χ1v) is 18.3. The second-order valence-electron chi connectivity index (χ2n) is 13.5. The van der Waals surface area contributed by atoms with Crippen molar-refractivity contribution in [1.29, 1.82) is 0 Å². The topological polar surface area (TPSA) is 56.7 Å². The van der Waals surface area contributed by atoms with E-state index >= 15 is 0 Å². The summed E-state index contributed by atoms with van der Waals surface area (Å²) < 4.78 is 62.3. The van der Waals surface area contributed by atoms with E-state index in [1.807, 2.05) is 115 Å². The molecule has 0 aliphatic rings. The van der Waals surface area contributed by atoms with Crippen LogP contribution in [0.25, 0.3) is 106 Å². The molecule has 5 nitrogen and oxygen atoms in total. The van der Waals surface area contributed by atoms with E-state index in [1.54, 1.807) is 4.57 Å². The number of furan rings is 1. The molecule has 0 saturated carbocycles. The molecular weight excluding hydrogens is 685 g/mol. The third-order valence-electron chi connectivity index (χ3n) is 10.2. The normalized spacial score (nSPS) is 13.1. The third kappa shape index (κ3) is 5.21. The Labute approximate surface area is 331 Å². The largest absolute Gasteiger partial charge is 0.455 e. The molecule has 0 aliphatic carbocycles. The molecule has 0 radical (unpaired) electrons.